The second-order valence-corrected chi connectivity index (χ2v) is 3.47. The largest absolute Gasteiger partial charge is 0.480 e. The van der Waals surface area contributed by atoms with Gasteiger partial charge in [-0.25, -0.2) is 0 Å². The highest BCUT2D eigenvalue weighted by atomic mass is 16.4. The van der Waals surface area contributed by atoms with Crippen molar-refractivity contribution < 1.29 is 9.90 Å². The van der Waals surface area contributed by atoms with Crippen LogP contribution in [0, 0.1) is 0 Å². The van der Waals surface area contributed by atoms with Crippen molar-refractivity contribution in [3.05, 3.63) is 35.9 Å². The predicted molar refractivity (Wildman–Crippen MR) is 58.6 cm³/mol. The number of carbonyl (C=O) groups is 1. The standard InChI is InChI=1S/C11H16N2O2/c12-10(7-13-8-11(14)15)6-9-4-2-1-3-5-9/h1-5,10,13H,6-8,12H2,(H,14,15)/t10-/m0/s1. The van der Waals surface area contributed by atoms with Gasteiger partial charge >= 0.3 is 5.97 Å². The smallest absolute Gasteiger partial charge is 0.317 e. The Bertz CT molecular complexity index is 301. The lowest BCUT2D eigenvalue weighted by atomic mass is 10.1. The Kier molecular flexibility index (Phi) is 4.80. The minimum absolute atomic E-state index is 0.0392. The van der Waals surface area contributed by atoms with E-state index in [1.54, 1.807) is 0 Å². The molecule has 0 radical (unpaired) electrons. The van der Waals surface area contributed by atoms with Crippen LogP contribution in [0.4, 0.5) is 0 Å². The van der Waals surface area contributed by atoms with Gasteiger partial charge in [-0.05, 0) is 12.0 Å². The third-order valence-corrected chi connectivity index (χ3v) is 2.02. The lowest BCUT2D eigenvalue weighted by Crippen LogP contribution is -2.37. The highest BCUT2D eigenvalue weighted by Gasteiger charge is 2.04. The monoisotopic (exact) mass is 208 g/mol. The number of nitrogens with one attached hydrogen (secondary N) is 1. The molecular formula is C11H16N2O2. The van der Waals surface area contributed by atoms with Crippen LogP contribution in [0.5, 0.6) is 0 Å². The van der Waals surface area contributed by atoms with E-state index in [9.17, 15) is 4.79 Å². The van der Waals surface area contributed by atoms with Crippen molar-refractivity contribution in [1.82, 2.24) is 5.32 Å². The van der Waals surface area contributed by atoms with Crippen molar-refractivity contribution in [3.63, 3.8) is 0 Å². The summed E-state index contributed by atoms with van der Waals surface area (Å²) < 4.78 is 0. The minimum Gasteiger partial charge on any atom is -0.480 e. The third-order valence-electron chi connectivity index (χ3n) is 2.02. The van der Waals surface area contributed by atoms with Gasteiger partial charge in [0.2, 0.25) is 0 Å². The fourth-order valence-corrected chi connectivity index (χ4v) is 1.35. The zero-order valence-electron chi connectivity index (χ0n) is 8.52. The molecule has 4 N–H and O–H groups in total. The van der Waals surface area contributed by atoms with Crippen LogP contribution in [0.3, 0.4) is 0 Å². The lowest BCUT2D eigenvalue weighted by molar-refractivity contribution is -0.135. The SMILES string of the molecule is N[C@H](CNCC(=O)O)Cc1ccccc1. The Balaban J connectivity index is 2.24. The number of aliphatic carboxylic acids is 1. The van der Waals surface area contributed by atoms with Crippen molar-refractivity contribution in [2.24, 2.45) is 5.73 Å². The van der Waals surface area contributed by atoms with Gasteiger partial charge in [0, 0.05) is 12.6 Å². The fourth-order valence-electron chi connectivity index (χ4n) is 1.35. The molecule has 4 heteroatoms. The van der Waals surface area contributed by atoms with Crippen LogP contribution in [0.15, 0.2) is 30.3 Å². The summed E-state index contributed by atoms with van der Waals surface area (Å²) >= 11 is 0. The van der Waals surface area contributed by atoms with Crippen molar-refractivity contribution in [1.29, 1.82) is 0 Å². The second-order valence-electron chi connectivity index (χ2n) is 3.47. The molecule has 1 aromatic rings. The molecule has 0 saturated carbocycles. The Hall–Kier alpha value is -1.39. The van der Waals surface area contributed by atoms with E-state index in [0.29, 0.717) is 6.54 Å². The summed E-state index contributed by atoms with van der Waals surface area (Å²) in [4.78, 5) is 10.2. The quantitative estimate of drug-likeness (QED) is 0.625. The summed E-state index contributed by atoms with van der Waals surface area (Å²) in [6, 6.07) is 9.86. The van der Waals surface area contributed by atoms with Gasteiger partial charge in [0.25, 0.3) is 0 Å². The summed E-state index contributed by atoms with van der Waals surface area (Å²) in [7, 11) is 0. The maximum absolute atomic E-state index is 10.2. The summed E-state index contributed by atoms with van der Waals surface area (Å²) in [5.74, 6) is -0.859. The van der Waals surface area contributed by atoms with E-state index in [0.717, 1.165) is 6.42 Å². The molecule has 0 aliphatic carbocycles. The predicted octanol–water partition coefficient (Wildman–Crippen LogP) is 0.231. The maximum atomic E-state index is 10.2. The summed E-state index contributed by atoms with van der Waals surface area (Å²) in [6.07, 6.45) is 0.757. The lowest BCUT2D eigenvalue weighted by Gasteiger charge is -2.11. The third kappa shape index (κ3) is 5.15. The van der Waals surface area contributed by atoms with Crippen LogP contribution in [0.2, 0.25) is 0 Å². The van der Waals surface area contributed by atoms with Gasteiger partial charge in [0.1, 0.15) is 0 Å². The molecule has 0 aliphatic rings. The summed E-state index contributed by atoms with van der Waals surface area (Å²) in [5, 5.41) is 11.2. The molecule has 1 aromatic carbocycles. The maximum Gasteiger partial charge on any atom is 0.317 e. The molecule has 0 unspecified atom stereocenters. The van der Waals surface area contributed by atoms with Gasteiger partial charge in [0.15, 0.2) is 0 Å². The van der Waals surface area contributed by atoms with Gasteiger partial charge in [-0.15, -0.1) is 0 Å². The molecule has 0 saturated heterocycles. The van der Waals surface area contributed by atoms with Crippen LogP contribution in [-0.2, 0) is 11.2 Å². The van der Waals surface area contributed by atoms with Crippen molar-refractivity contribution in [2.45, 2.75) is 12.5 Å². The number of hydrogen-bond acceptors (Lipinski definition) is 3. The van der Waals surface area contributed by atoms with E-state index < -0.39 is 5.97 Å². The normalized spacial score (nSPS) is 12.3. The van der Waals surface area contributed by atoms with E-state index in [2.05, 4.69) is 5.32 Å². The topological polar surface area (TPSA) is 75.3 Å². The van der Waals surface area contributed by atoms with Gasteiger partial charge in [-0.1, -0.05) is 30.3 Å². The highest BCUT2D eigenvalue weighted by Crippen LogP contribution is 2.00. The molecular weight excluding hydrogens is 192 g/mol. The van der Waals surface area contributed by atoms with E-state index >= 15 is 0 Å². The average molecular weight is 208 g/mol. The molecule has 15 heavy (non-hydrogen) atoms. The number of carboxylic acids is 1. The van der Waals surface area contributed by atoms with E-state index in [-0.39, 0.29) is 12.6 Å². The van der Waals surface area contributed by atoms with Crippen LogP contribution >= 0.6 is 0 Å². The van der Waals surface area contributed by atoms with E-state index in [1.165, 1.54) is 5.56 Å². The van der Waals surface area contributed by atoms with Crippen molar-refractivity contribution in [2.75, 3.05) is 13.1 Å². The Morgan fingerprint density at radius 3 is 2.67 bits per heavy atom. The Labute approximate surface area is 89.1 Å². The first-order valence-electron chi connectivity index (χ1n) is 4.90. The van der Waals surface area contributed by atoms with Gasteiger partial charge in [-0.3, -0.25) is 4.79 Å². The Morgan fingerprint density at radius 2 is 2.07 bits per heavy atom. The van der Waals surface area contributed by atoms with Gasteiger partial charge in [-0.2, -0.15) is 0 Å². The summed E-state index contributed by atoms with van der Waals surface area (Å²) in [5.41, 5.74) is 7.01. The van der Waals surface area contributed by atoms with Crippen molar-refractivity contribution in [3.8, 4) is 0 Å². The zero-order valence-corrected chi connectivity index (χ0v) is 8.52. The minimum atomic E-state index is -0.859. The fraction of sp³-hybridized carbons (Fsp3) is 0.364. The highest BCUT2D eigenvalue weighted by molar-refractivity contribution is 5.68. The first-order chi connectivity index (χ1) is 7.18. The molecule has 0 aliphatic heterocycles. The first kappa shape index (κ1) is 11.7. The van der Waals surface area contributed by atoms with Gasteiger partial charge in [0.05, 0.1) is 6.54 Å². The number of rotatable bonds is 6. The van der Waals surface area contributed by atoms with Crippen LogP contribution < -0.4 is 11.1 Å². The molecule has 1 atom stereocenters. The molecule has 0 spiro atoms. The van der Waals surface area contributed by atoms with Crippen molar-refractivity contribution >= 4 is 5.97 Å². The van der Waals surface area contributed by atoms with E-state index in [1.807, 2.05) is 30.3 Å². The van der Waals surface area contributed by atoms with Gasteiger partial charge < -0.3 is 16.2 Å². The summed E-state index contributed by atoms with van der Waals surface area (Å²) in [6.45, 7) is 0.476. The van der Waals surface area contributed by atoms with Crippen LogP contribution in [0.1, 0.15) is 5.56 Å². The molecule has 4 nitrogen and oxygen atoms in total. The molecule has 82 valence electrons. The second kappa shape index (κ2) is 6.16. The number of carboxylic acid groups (broad SMARTS) is 1. The van der Waals surface area contributed by atoms with Crippen LogP contribution in [0.25, 0.3) is 0 Å². The average Bonchev–Trinajstić information content (AvgIpc) is 2.18. The van der Waals surface area contributed by atoms with Crippen LogP contribution in [-0.4, -0.2) is 30.2 Å². The molecule has 0 aromatic heterocycles. The van der Waals surface area contributed by atoms with E-state index in [4.69, 9.17) is 10.8 Å². The number of hydrogen-bond donors (Lipinski definition) is 3. The number of nitrogens with two attached hydrogens (primary N) is 1. The molecule has 0 heterocycles. The Morgan fingerprint density at radius 1 is 1.40 bits per heavy atom. The first-order valence-corrected chi connectivity index (χ1v) is 4.90. The molecule has 1 rings (SSSR count). The zero-order chi connectivity index (χ0) is 11.1. The molecule has 0 fully saturated rings. The molecule has 0 amide bonds. The molecule has 0 bridgehead atoms. The number of benzene rings is 1.